The van der Waals surface area contributed by atoms with Crippen molar-refractivity contribution in [1.29, 1.82) is 0 Å². The second kappa shape index (κ2) is 13.1. The fourth-order valence-electron chi connectivity index (χ4n) is 8.63. The van der Waals surface area contributed by atoms with E-state index in [1.54, 1.807) is 11.3 Å². The van der Waals surface area contributed by atoms with Crippen LogP contribution in [0.4, 0.5) is 0 Å². The third-order valence-corrected chi connectivity index (χ3v) is 12.4. The molecule has 0 atom stereocenters. The number of pyridine rings is 1. The van der Waals surface area contributed by atoms with Crippen molar-refractivity contribution in [2.45, 2.75) is 0 Å². The molecule has 0 spiro atoms. The summed E-state index contributed by atoms with van der Waals surface area (Å²) >= 11 is 1.76. The van der Waals surface area contributed by atoms with Gasteiger partial charge in [-0.3, -0.25) is 0 Å². The smallest absolute Gasteiger partial charge is 0.160 e. The molecule has 0 aliphatic heterocycles. The van der Waals surface area contributed by atoms with Crippen LogP contribution in [-0.2, 0) is 0 Å². The molecule has 0 unspecified atom stereocenters. The summed E-state index contributed by atoms with van der Waals surface area (Å²) in [6, 6.07) is 66.0. The molecule has 12 aromatic rings. The highest BCUT2D eigenvalue weighted by Crippen LogP contribution is 2.43. The number of aromatic nitrogens is 3. The Hall–Kier alpha value is -7.47. The lowest BCUT2D eigenvalue weighted by atomic mass is 9.92. The van der Waals surface area contributed by atoms with Gasteiger partial charge in [-0.05, 0) is 51.6 Å². The van der Waals surface area contributed by atoms with Crippen molar-refractivity contribution in [3.05, 3.63) is 188 Å². The van der Waals surface area contributed by atoms with Crippen molar-refractivity contribution in [3.8, 4) is 56.3 Å². The number of rotatable bonds is 5. The minimum absolute atomic E-state index is 0.667. The van der Waals surface area contributed by atoms with E-state index in [9.17, 15) is 0 Å². The monoisotopic (exact) mass is 757 g/mol. The van der Waals surface area contributed by atoms with Crippen LogP contribution in [0.15, 0.2) is 192 Å². The van der Waals surface area contributed by atoms with Crippen LogP contribution in [0.2, 0.25) is 0 Å². The summed E-state index contributed by atoms with van der Waals surface area (Å²) < 4.78 is 7.75. The van der Waals surface area contributed by atoms with Crippen LogP contribution in [0, 0.1) is 0 Å². The van der Waals surface area contributed by atoms with E-state index in [0.717, 1.165) is 93.4 Å². The minimum Gasteiger partial charge on any atom is -0.455 e. The number of benzene rings is 8. The summed E-state index contributed by atoms with van der Waals surface area (Å²) in [5, 5.41) is 9.34. The molecule has 0 aliphatic carbocycles. The van der Waals surface area contributed by atoms with E-state index in [1.165, 1.54) is 20.9 Å². The second-order valence-corrected chi connectivity index (χ2v) is 15.7. The molecule has 0 aliphatic rings. The average Bonchev–Trinajstić information content (AvgIpc) is 3.87. The van der Waals surface area contributed by atoms with E-state index in [-0.39, 0.29) is 0 Å². The molecule has 4 heterocycles. The van der Waals surface area contributed by atoms with Gasteiger partial charge in [0.2, 0.25) is 0 Å². The summed E-state index contributed by atoms with van der Waals surface area (Å²) in [7, 11) is 0. The van der Waals surface area contributed by atoms with Crippen molar-refractivity contribution >= 4 is 75.1 Å². The Balaban J connectivity index is 0.991. The van der Waals surface area contributed by atoms with Crippen LogP contribution in [0.5, 0.6) is 0 Å². The zero-order valence-corrected chi connectivity index (χ0v) is 31.9. The lowest BCUT2D eigenvalue weighted by Crippen LogP contribution is -1.97. The van der Waals surface area contributed by atoms with E-state index in [1.807, 2.05) is 30.3 Å². The Kier molecular flexibility index (Phi) is 7.37. The molecular weight excluding hydrogens is 727 g/mol. The number of nitrogens with zero attached hydrogens (tertiary/aromatic N) is 3. The van der Waals surface area contributed by atoms with Gasteiger partial charge in [0.15, 0.2) is 5.82 Å². The summed E-state index contributed by atoms with van der Waals surface area (Å²) in [6.45, 7) is 0. The van der Waals surface area contributed by atoms with Crippen LogP contribution < -0.4 is 0 Å². The number of hydrogen-bond donors (Lipinski definition) is 0. The highest BCUT2D eigenvalue weighted by atomic mass is 32.1. The SMILES string of the molecule is c1ccc(-c2nc(-c3ccc(-c4ccc(-c5nc6sc7ccccc7c6c6ccccc56)cc4)c4ccccc34)cc(-c3cccc4c3oc3ccccc34)n2)cc1. The molecule has 0 radical (unpaired) electrons. The molecule has 5 heteroatoms. The first-order valence-electron chi connectivity index (χ1n) is 19.4. The van der Waals surface area contributed by atoms with Crippen molar-refractivity contribution in [3.63, 3.8) is 0 Å². The predicted molar refractivity (Wildman–Crippen MR) is 242 cm³/mol. The normalized spacial score (nSPS) is 11.8. The largest absolute Gasteiger partial charge is 0.455 e. The molecule has 0 bridgehead atoms. The van der Waals surface area contributed by atoms with Crippen molar-refractivity contribution in [2.24, 2.45) is 0 Å². The molecule has 12 rings (SSSR count). The summed E-state index contributed by atoms with van der Waals surface area (Å²) in [5.74, 6) is 0.667. The molecule has 0 amide bonds. The van der Waals surface area contributed by atoms with E-state index in [4.69, 9.17) is 19.4 Å². The number of para-hydroxylation sites is 2. The standard InChI is InChI=1S/C53H31N3OS/c1-2-13-34(14-3-1)52-54-45(31-46(55-52)43-22-12-21-42-39-17-8-10-23-47(39)57-51(42)43)38-30-29-35(36-15-4-5-16-37(36)38)32-25-27-33(28-26-32)50-41-19-7-6-18-40(41)49-44-20-9-11-24-48(44)58-53(49)56-50/h1-31H. The third-order valence-electron chi connectivity index (χ3n) is 11.3. The lowest BCUT2D eigenvalue weighted by Gasteiger charge is -2.14. The van der Waals surface area contributed by atoms with Gasteiger partial charge < -0.3 is 4.42 Å². The Morgan fingerprint density at radius 1 is 0.379 bits per heavy atom. The van der Waals surface area contributed by atoms with Gasteiger partial charge >= 0.3 is 0 Å². The van der Waals surface area contributed by atoms with Gasteiger partial charge in [-0.25, -0.2) is 15.0 Å². The van der Waals surface area contributed by atoms with Crippen LogP contribution in [-0.4, -0.2) is 15.0 Å². The summed E-state index contributed by atoms with van der Waals surface area (Å²) in [5.41, 5.74) is 10.7. The molecule has 4 aromatic heterocycles. The Morgan fingerprint density at radius 2 is 0.983 bits per heavy atom. The van der Waals surface area contributed by atoms with Gasteiger partial charge in [-0.2, -0.15) is 0 Å². The average molecular weight is 758 g/mol. The number of fused-ring (bicyclic) bond motifs is 9. The van der Waals surface area contributed by atoms with Gasteiger partial charge in [0, 0.05) is 53.9 Å². The Bertz CT molecular complexity index is 3570. The van der Waals surface area contributed by atoms with Crippen LogP contribution in [0.3, 0.4) is 0 Å². The number of thiophene rings is 1. The van der Waals surface area contributed by atoms with Crippen LogP contribution >= 0.6 is 11.3 Å². The van der Waals surface area contributed by atoms with Crippen LogP contribution in [0.1, 0.15) is 0 Å². The maximum Gasteiger partial charge on any atom is 0.160 e. The van der Waals surface area contributed by atoms with Gasteiger partial charge in [-0.15, -0.1) is 11.3 Å². The predicted octanol–water partition coefficient (Wildman–Crippen LogP) is 14.8. The quantitative estimate of drug-likeness (QED) is 0.175. The summed E-state index contributed by atoms with van der Waals surface area (Å²) in [6.07, 6.45) is 0. The lowest BCUT2D eigenvalue weighted by molar-refractivity contribution is 0.670. The molecule has 0 saturated heterocycles. The van der Waals surface area contributed by atoms with E-state index in [0.29, 0.717) is 5.82 Å². The van der Waals surface area contributed by atoms with Crippen molar-refractivity contribution < 1.29 is 4.42 Å². The third kappa shape index (κ3) is 5.18. The van der Waals surface area contributed by atoms with Crippen LogP contribution in [0.25, 0.3) is 120 Å². The molecule has 270 valence electrons. The molecule has 0 N–H and O–H groups in total. The first-order valence-corrected chi connectivity index (χ1v) is 20.2. The highest BCUT2D eigenvalue weighted by Gasteiger charge is 2.19. The maximum atomic E-state index is 6.49. The summed E-state index contributed by atoms with van der Waals surface area (Å²) in [4.78, 5) is 16.8. The first kappa shape index (κ1) is 32.7. The van der Waals surface area contributed by atoms with Gasteiger partial charge in [0.1, 0.15) is 16.0 Å². The number of hydrogen-bond acceptors (Lipinski definition) is 5. The Morgan fingerprint density at radius 3 is 1.79 bits per heavy atom. The fraction of sp³-hybridized carbons (Fsp3) is 0. The van der Waals surface area contributed by atoms with E-state index in [2.05, 4.69) is 158 Å². The second-order valence-electron chi connectivity index (χ2n) is 14.7. The first-order chi connectivity index (χ1) is 28.7. The van der Waals surface area contributed by atoms with Gasteiger partial charge in [-0.1, -0.05) is 164 Å². The molecule has 4 nitrogen and oxygen atoms in total. The molecular formula is C53H31N3OS. The molecule has 0 saturated carbocycles. The number of furan rings is 1. The zero-order valence-electron chi connectivity index (χ0n) is 31.1. The molecule has 0 fully saturated rings. The van der Waals surface area contributed by atoms with Gasteiger partial charge in [0.05, 0.1) is 17.1 Å². The Labute approximate surface area is 337 Å². The highest BCUT2D eigenvalue weighted by molar-refractivity contribution is 7.25. The minimum atomic E-state index is 0.667. The molecule has 8 aromatic carbocycles. The topological polar surface area (TPSA) is 51.8 Å². The van der Waals surface area contributed by atoms with Crippen molar-refractivity contribution in [2.75, 3.05) is 0 Å². The van der Waals surface area contributed by atoms with E-state index >= 15 is 0 Å². The van der Waals surface area contributed by atoms with E-state index < -0.39 is 0 Å². The maximum absolute atomic E-state index is 6.49. The fourth-order valence-corrected chi connectivity index (χ4v) is 9.73. The zero-order chi connectivity index (χ0) is 38.2. The molecule has 58 heavy (non-hydrogen) atoms. The van der Waals surface area contributed by atoms with Crippen molar-refractivity contribution in [1.82, 2.24) is 15.0 Å². The van der Waals surface area contributed by atoms with Gasteiger partial charge in [0.25, 0.3) is 0 Å².